The molecule has 0 amide bonds. The summed E-state index contributed by atoms with van der Waals surface area (Å²) in [7, 11) is 0. The maximum atomic E-state index is 6.00. The highest BCUT2D eigenvalue weighted by Gasteiger charge is 2.05. The molecule has 2 rings (SSSR count). The zero-order chi connectivity index (χ0) is 13.7. The van der Waals surface area contributed by atoms with Crippen molar-refractivity contribution in [3.63, 3.8) is 0 Å². The molecule has 0 aromatic heterocycles. The van der Waals surface area contributed by atoms with E-state index in [1.54, 1.807) is 11.8 Å². The van der Waals surface area contributed by atoms with Gasteiger partial charge in [-0.25, -0.2) is 0 Å². The molecular formula is C15H16BrNOS. The highest BCUT2D eigenvalue weighted by Crippen LogP contribution is 2.33. The Morgan fingerprint density at radius 1 is 1.21 bits per heavy atom. The molecule has 0 unspecified atom stereocenters. The van der Waals surface area contributed by atoms with Gasteiger partial charge in [0.05, 0.1) is 6.61 Å². The van der Waals surface area contributed by atoms with Crippen molar-refractivity contribution in [2.45, 2.75) is 17.6 Å². The van der Waals surface area contributed by atoms with E-state index in [4.69, 9.17) is 10.5 Å². The molecule has 2 aromatic rings. The van der Waals surface area contributed by atoms with Crippen LogP contribution in [0, 0.1) is 0 Å². The number of rotatable bonds is 5. The second kappa shape index (κ2) is 6.87. The van der Waals surface area contributed by atoms with Gasteiger partial charge in [0, 0.05) is 20.8 Å². The normalized spacial score (nSPS) is 10.4. The minimum Gasteiger partial charge on any atom is -0.494 e. The van der Waals surface area contributed by atoms with Crippen LogP contribution in [0.3, 0.4) is 0 Å². The topological polar surface area (TPSA) is 35.2 Å². The van der Waals surface area contributed by atoms with Crippen molar-refractivity contribution in [2.24, 2.45) is 0 Å². The lowest BCUT2D eigenvalue weighted by Crippen LogP contribution is -1.94. The second-order valence-corrected chi connectivity index (χ2v) is 5.88. The van der Waals surface area contributed by atoms with Gasteiger partial charge in [0.25, 0.3) is 0 Å². The number of hydrogen-bond acceptors (Lipinski definition) is 3. The van der Waals surface area contributed by atoms with Gasteiger partial charge in [-0.2, -0.15) is 0 Å². The summed E-state index contributed by atoms with van der Waals surface area (Å²) in [4.78, 5) is 1.06. The molecule has 4 heteroatoms. The summed E-state index contributed by atoms with van der Waals surface area (Å²) < 4.78 is 6.63. The summed E-state index contributed by atoms with van der Waals surface area (Å²) in [6, 6.07) is 14.0. The highest BCUT2D eigenvalue weighted by molar-refractivity contribution is 9.10. The molecule has 100 valence electrons. The van der Waals surface area contributed by atoms with Gasteiger partial charge in [0.1, 0.15) is 5.75 Å². The number of benzene rings is 2. The predicted molar refractivity (Wildman–Crippen MR) is 85.7 cm³/mol. The van der Waals surface area contributed by atoms with E-state index in [0.29, 0.717) is 6.61 Å². The van der Waals surface area contributed by atoms with E-state index >= 15 is 0 Å². The monoisotopic (exact) mass is 337 g/mol. The van der Waals surface area contributed by atoms with E-state index in [1.165, 1.54) is 5.56 Å². The molecule has 0 aliphatic rings. The first-order valence-electron chi connectivity index (χ1n) is 6.09. The Balaban J connectivity index is 2.10. The molecule has 0 fully saturated rings. The zero-order valence-electron chi connectivity index (χ0n) is 10.7. The summed E-state index contributed by atoms with van der Waals surface area (Å²) in [6.07, 6.45) is 0. The average molecular weight is 338 g/mol. The van der Waals surface area contributed by atoms with Gasteiger partial charge in [-0.05, 0) is 36.8 Å². The Hall–Kier alpha value is -1.13. The molecule has 0 radical (unpaired) electrons. The molecule has 0 heterocycles. The van der Waals surface area contributed by atoms with Gasteiger partial charge in [-0.15, -0.1) is 11.8 Å². The number of hydrogen-bond donors (Lipinski definition) is 1. The standard InChI is InChI=1S/C15H16BrNOS/c1-2-18-12-7-8-14(17)15(9-12)19-10-11-5-3-4-6-13(11)16/h3-9H,2,10,17H2,1H3. The molecule has 2 N–H and O–H groups in total. The van der Waals surface area contributed by atoms with Crippen LogP contribution in [0.4, 0.5) is 5.69 Å². The molecule has 0 saturated carbocycles. The van der Waals surface area contributed by atoms with Gasteiger partial charge in [-0.3, -0.25) is 0 Å². The van der Waals surface area contributed by atoms with Gasteiger partial charge >= 0.3 is 0 Å². The number of thioether (sulfide) groups is 1. The third-order valence-electron chi connectivity index (χ3n) is 2.64. The van der Waals surface area contributed by atoms with Crippen LogP contribution in [0.5, 0.6) is 5.75 Å². The molecule has 0 saturated heterocycles. The third-order valence-corrected chi connectivity index (χ3v) is 4.53. The predicted octanol–water partition coefficient (Wildman–Crippen LogP) is 4.72. The van der Waals surface area contributed by atoms with E-state index in [0.717, 1.165) is 26.6 Å². The lowest BCUT2D eigenvalue weighted by molar-refractivity contribution is 0.339. The molecule has 19 heavy (non-hydrogen) atoms. The summed E-state index contributed by atoms with van der Waals surface area (Å²) in [5, 5.41) is 0. The van der Waals surface area contributed by atoms with Crippen LogP contribution in [0.15, 0.2) is 51.8 Å². The van der Waals surface area contributed by atoms with Gasteiger partial charge in [0.15, 0.2) is 0 Å². The number of nitrogens with two attached hydrogens (primary N) is 1. The summed E-state index contributed by atoms with van der Waals surface area (Å²) >= 11 is 5.28. The highest BCUT2D eigenvalue weighted by atomic mass is 79.9. The largest absolute Gasteiger partial charge is 0.494 e. The maximum Gasteiger partial charge on any atom is 0.120 e. The van der Waals surface area contributed by atoms with Gasteiger partial charge in [0.2, 0.25) is 0 Å². The Morgan fingerprint density at radius 3 is 2.74 bits per heavy atom. The van der Waals surface area contributed by atoms with Crippen molar-refractivity contribution >= 4 is 33.4 Å². The van der Waals surface area contributed by atoms with Crippen LogP contribution < -0.4 is 10.5 Å². The SMILES string of the molecule is CCOc1ccc(N)c(SCc2ccccc2Br)c1. The van der Waals surface area contributed by atoms with Crippen LogP contribution in [0.1, 0.15) is 12.5 Å². The van der Waals surface area contributed by atoms with Crippen LogP contribution in [-0.4, -0.2) is 6.61 Å². The number of nitrogen functional groups attached to an aromatic ring is 1. The number of halogens is 1. The Kier molecular flexibility index (Phi) is 5.16. The fraction of sp³-hybridized carbons (Fsp3) is 0.200. The van der Waals surface area contributed by atoms with Gasteiger partial charge in [-0.1, -0.05) is 34.1 Å². The van der Waals surface area contributed by atoms with Crippen molar-refractivity contribution < 1.29 is 4.74 Å². The number of ether oxygens (including phenoxy) is 1. The quantitative estimate of drug-likeness (QED) is 0.633. The summed E-state index contributed by atoms with van der Waals surface area (Å²) in [5.74, 6) is 1.74. The van der Waals surface area contributed by atoms with Crippen LogP contribution in [0.25, 0.3) is 0 Å². The fourth-order valence-electron chi connectivity index (χ4n) is 1.67. The Bertz CT molecular complexity index is 560. The van der Waals surface area contributed by atoms with Crippen LogP contribution >= 0.6 is 27.7 Å². The molecule has 0 aliphatic heterocycles. The Labute approximate surface area is 126 Å². The molecule has 0 bridgehead atoms. The third kappa shape index (κ3) is 3.91. The first-order valence-corrected chi connectivity index (χ1v) is 7.87. The van der Waals surface area contributed by atoms with Gasteiger partial charge < -0.3 is 10.5 Å². The lowest BCUT2D eigenvalue weighted by atomic mass is 10.2. The molecule has 0 spiro atoms. The van der Waals surface area contributed by atoms with Crippen molar-refractivity contribution in [1.29, 1.82) is 0 Å². The summed E-state index contributed by atoms with van der Waals surface area (Å²) in [6.45, 7) is 2.64. The minimum absolute atomic E-state index is 0.665. The van der Waals surface area contributed by atoms with Crippen LogP contribution in [0.2, 0.25) is 0 Å². The second-order valence-electron chi connectivity index (χ2n) is 4.01. The van der Waals surface area contributed by atoms with E-state index < -0.39 is 0 Å². The molecule has 2 nitrogen and oxygen atoms in total. The maximum absolute atomic E-state index is 6.00. The minimum atomic E-state index is 0.665. The van der Waals surface area contributed by atoms with E-state index in [9.17, 15) is 0 Å². The van der Waals surface area contributed by atoms with E-state index in [1.807, 2.05) is 37.3 Å². The fourth-order valence-corrected chi connectivity index (χ4v) is 3.27. The lowest BCUT2D eigenvalue weighted by Gasteiger charge is -2.09. The molecule has 2 aromatic carbocycles. The molecule has 0 atom stereocenters. The first kappa shape index (κ1) is 14.3. The van der Waals surface area contributed by atoms with Crippen molar-refractivity contribution in [2.75, 3.05) is 12.3 Å². The molecular weight excluding hydrogens is 322 g/mol. The first-order chi connectivity index (χ1) is 9.20. The smallest absolute Gasteiger partial charge is 0.120 e. The Morgan fingerprint density at radius 2 is 2.00 bits per heavy atom. The zero-order valence-corrected chi connectivity index (χ0v) is 13.1. The number of anilines is 1. The van der Waals surface area contributed by atoms with Crippen LogP contribution in [-0.2, 0) is 5.75 Å². The average Bonchev–Trinajstić information content (AvgIpc) is 2.41. The summed E-state index contributed by atoms with van der Waals surface area (Å²) in [5.41, 5.74) is 8.05. The molecule has 0 aliphatic carbocycles. The van der Waals surface area contributed by atoms with Crippen molar-refractivity contribution in [3.05, 3.63) is 52.5 Å². The van der Waals surface area contributed by atoms with Crippen molar-refractivity contribution in [3.8, 4) is 5.75 Å². The van der Waals surface area contributed by atoms with E-state index in [-0.39, 0.29) is 0 Å². The van der Waals surface area contributed by atoms with E-state index in [2.05, 4.69) is 28.1 Å². The van der Waals surface area contributed by atoms with Crippen molar-refractivity contribution in [1.82, 2.24) is 0 Å².